The van der Waals surface area contributed by atoms with E-state index in [1.165, 1.54) is 24.2 Å². The van der Waals surface area contributed by atoms with Crippen molar-refractivity contribution in [1.29, 1.82) is 0 Å². The Morgan fingerprint density at radius 3 is 2.80 bits per heavy atom. The van der Waals surface area contributed by atoms with Crippen molar-refractivity contribution < 1.29 is 9.53 Å². The molecule has 20 heavy (non-hydrogen) atoms. The van der Waals surface area contributed by atoms with Crippen molar-refractivity contribution in [3.63, 3.8) is 0 Å². The molecule has 0 bridgehead atoms. The van der Waals surface area contributed by atoms with Crippen molar-refractivity contribution >= 4 is 22.9 Å². The highest BCUT2D eigenvalue weighted by atomic mass is 32.1. The van der Waals surface area contributed by atoms with Gasteiger partial charge >= 0.3 is 0 Å². The van der Waals surface area contributed by atoms with Gasteiger partial charge in [0.25, 0.3) is 5.91 Å². The second-order valence-electron chi connectivity index (χ2n) is 4.98. The van der Waals surface area contributed by atoms with Crippen LogP contribution in [0.15, 0.2) is 41.8 Å². The van der Waals surface area contributed by atoms with Gasteiger partial charge in [-0.15, -0.1) is 11.3 Å². The zero-order valence-corrected chi connectivity index (χ0v) is 12.0. The van der Waals surface area contributed by atoms with Crippen molar-refractivity contribution in [3.8, 4) is 5.75 Å². The number of carbonyl (C=O) groups is 1. The Bertz CT molecular complexity index is 574. The number of hydrogen-bond acceptors (Lipinski definition) is 3. The molecule has 0 atom stereocenters. The third-order valence-corrected chi connectivity index (χ3v) is 4.31. The molecule has 4 heteroatoms. The van der Waals surface area contributed by atoms with E-state index in [1.54, 1.807) is 0 Å². The van der Waals surface area contributed by atoms with Gasteiger partial charge in [0, 0.05) is 11.8 Å². The summed E-state index contributed by atoms with van der Waals surface area (Å²) in [4.78, 5) is 12.7. The van der Waals surface area contributed by atoms with Crippen LogP contribution in [0.3, 0.4) is 0 Å². The lowest BCUT2D eigenvalue weighted by molar-refractivity contribution is 0.103. The number of carbonyl (C=O) groups excluding carboxylic acids is 1. The maximum absolute atomic E-state index is 12.0. The molecule has 0 aliphatic heterocycles. The highest BCUT2D eigenvalue weighted by molar-refractivity contribution is 7.12. The largest absolute Gasteiger partial charge is 0.490 e. The zero-order chi connectivity index (χ0) is 13.8. The monoisotopic (exact) mass is 287 g/mol. The Kier molecular flexibility index (Phi) is 4.02. The standard InChI is InChI=1S/C16H17NO2S/c18-16(15-9-4-10-20-15)17-12-5-3-8-14(11-12)19-13-6-1-2-7-13/h3-5,8-11,13H,1-2,6-7H2,(H,17,18). The van der Waals surface area contributed by atoms with Crippen molar-refractivity contribution in [2.75, 3.05) is 5.32 Å². The van der Waals surface area contributed by atoms with Crippen molar-refractivity contribution in [3.05, 3.63) is 46.7 Å². The minimum atomic E-state index is -0.0713. The molecule has 0 spiro atoms. The first-order valence-corrected chi connectivity index (χ1v) is 7.81. The lowest BCUT2D eigenvalue weighted by Gasteiger charge is -2.14. The average molecular weight is 287 g/mol. The zero-order valence-electron chi connectivity index (χ0n) is 11.2. The third-order valence-electron chi connectivity index (χ3n) is 3.44. The lowest BCUT2D eigenvalue weighted by atomic mass is 10.2. The number of anilines is 1. The topological polar surface area (TPSA) is 38.3 Å². The smallest absolute Gasteiger partial charge is 0.265 e. The van der Waals surface area contributed by atoms with Gasteiger partial charge in [-0.05, 0) is 49.3 Å². The van der Waals surface area contributed by atoms with Crippen LogP contribution in [-0.4, -0.2) is 12.0 Å². The van der Waals surface area contributed by atoms with Crippen LogP contribution in [0, 0.1) is 0 Å². The highest BCUT2D eigenvalue weighted by Crippen LogP contribution is 2.26. The van der Waals surface area contributed by atoms with Crippen LogP contribution in [0.25, 0.3) is 0 Å². The third kappa shape index (κ3) is 3.20. The molecule has 1 aliphatic carbocycles. The van der Waals surface area contributed by atoms with Gasteiger partial charge in [-0.25, -0.2) is 0 Å². The van der Waals surface area contributed by atoms with E-state index in [0.29, 0.717) is 11.0 Å². The molecule has 1 fully saturated rings. The van der Waals surface area contributed by atoms with Gasteiger partial charge in [0.2, 0.25) is 0 Å². The van der Waals surface area contributed by atoms with E-state index in [9.17, 15) is 4.79 Å². The number of ether oxygens (including phenoxy) is 1. The summed E-state index contributed by atoms with van der Waals surface area (Å²) in [6.07, 6.45) is 5.09. The van der Waals surface area contributed by atoms with Gasteiger partial charge in [-0.2, -0.15) is 0 Å². The molecule has 1 saturated carbocycles. The normalized spacial score (nSPS) is 15.2. The van der Waals surface area contributed by atoms with Crippen LogP contribution in [0.2, 0.25) is 0 Å². The van der Waals surface area contributed by atoms with Gasteiger partial charge in [-0.1, -0.05) is 12.1 Å². The van der Waals surface area contributed by atoms with E-state index in [4.69, 9.17) is 4.74 Å². The molecular weight excluding hydrogens is 270 g/mol. The fourth-order valence-electron chi connectivity index (χ4n) is 2.45. The molecule has 3 rings (SSSR count). The number of thiophene rings is 1. The Morgan fingerprint density at radius 2 is 2.05 bits per heavy atom. The number of hydrogen-bond donors (Lipinski definition) is 1. The fourth-order valence-corrected chi connectivity index (χ4v) is 3.07. The minimum Gasteiger partial charge on any atom is -0.490 e. The van der Waals surface area contributed by atoms with Gasteiger partial charge < -0.3 is 10.1 Å². The molecule has 0 unspecified atom stereocenters. The van der Waals surface area contributed by atoms with E-state index in [0.717, 1.165) is 24.3 Å². The summed E-state index contributed by atoms with van der Waals surface area (Å²) in [5.41, 5.74) is 0.777. The maximum atomic E-state index is 12.0. The van der Waals surface area contributed by atoms with E-state index in [-0.39, 0.29) is 5.91 Å². The van der Waals surface area contributed by atoms with Crippen LogP contribution in [0.4, 0.5) is 5.69 Å². The van der Waals surface area contributed by atoms with Crippen LogP contribution in [0.5, 0.6) is 5.75 Å². The first kappa shape index (κ1) is 13.2. The second-order valence-corrected chi connectivity index (χ2v) is 5.93. The summed E-state index contributed by atoms with van der Waals surface area (Å²) in [7, 11) is 0. The van der Waals surface area contributed by atoms with Crippen LogP contribution < -0.4 is 10.1 Å². The summed E-state index contributed by atoms with van der Waals surface area (Å²) in [5, 5.41) is 4.80. The first-order chi connectivity index (χ1) is 9.81. The van der Waals surface area contributed by atoms with Crippen molar-refractivity contribution in [1.82, 2.24) is 0 Å². The van der Waals surface area contributed by atoms with Gasteiger partial charge in [0.1, 0.15) is 5.75 Å². The Hall–Kier alpha value is -1.81. The molecule has 0 radical (unpaired) electrons. The van der Waals surface area contributed by atoms with Gasteiger partial charge in [-0.3, -0.25) is 4.79 Å². The van der Waals surface area contributed by atoms with E-state index < -0.39 is 0 Å². The van der Waals surface area contributed by atoms with Crippen LogP contribution in [-0.2, 0) is 0 Å². The average Bonchev–Trinajstić information content (AvgIpc) is 3.12. The molecule has 2 aromatic rings. The summed E-state index contributed by atoms with van der Waals surface area (Å²) in [6.45, 7) is 0. The Labute approximate surface area is 122 Å². The molecule has 1 amide bonds. The summed E-state index contributed by atoms with van der Waals surface area (Å²) in [6, 6.07) is 11.3. The van der Waals surface area contributed by atoms with Crippen LogP contribution >= 0.6 is 11.3 Å². The Morgan fingerprint density at radius 1 is 1.20 bits per heavy atom. The minimum absolute atomic E-state index is 0.0713. The van der Waals surface area contributed by atoms with Crippen LogP contribution in [0.1, 0.15) is 35.4 Å². The summed E-state index contributed by atoms with van der Waals surface area (Å²) in [5.74, 6) is 0.763. The molecular formula is C16H17NO2S. The highest BCUT2D eigenvalue weighted by Gasteiger charge is 2.16. The number of nitrogens with one attached hydrogen (secondary N) is 1. The SMILES string of the molecule is O=C(Nc1cccc(OC2CCCC2)c1)c1cccs1. The summed E-state index contributed by atoms with van der Waals surface area (Å²) < 4.78 is 5.94. The van der Waals surface area contributed by atoms with E-state index in [1.807, 2.05) is 41.8 Å². The van der Waals surface area contributed by atoms with Crippen molar-refractivity contribution in [2.45, 2.75) is 31.8 Å². The van der Waals surface area contributed by atoms with E-state index in [2.05, 4.69) is 5.32 Å². The number of benzene rings is 1. The molecule has 104 valence electrons. The second kappa shape index (κ2) is 6.09. The predicted octanol–water partition coefficient (Wildman–Crippen LogP) is 4.32. The molecule has 1 aromatic heterocycles. The molecule has 1 aliphatic rings. The lowest BCUT2D eigenvalue weighted by Crippen LogP contribution is -2.12. The Balaban J connectivity index is 1.66. The number of rotatable bonds is 4. The molecule has 3 nitrogen and oxygen atoms in total. The molecule has 1 N–H and O–H groups in total. The molecule has 1 heterocycles. The fraction of sp³-hybridized carbons (Fsp3) is 0.312. The first-order valence-electron chi connectivity index (χ1n) is 6.93. The molecule has 1 aromatic carbocycles. The van der Waals surface area contributed by atoms with Crippen molar-refractivity contribution in [2.24, 2.45) is 0 Å². The van der Waals surface area contributed by atoms with Gasteiger partial charge in [0.15, 0.2) is 0 Å². The van der Waals surface area contributed by atoms with Gasteiger partial charge in [0.05, 0.1) is 11.0 Å². The summed E-state index contributed by atoms with van der Waals surface area (Å²) >= 11 is 1.44. The predicted molar refractivity (Wildman–Crippen MR) is 81.6 cm³/mol. The maximum Gasteiger partial charge on any atom is 0.265 e. The van der Waals surface area contributed by atoms with E-state index >= 15 is 0 Å². The quantitative estimate of drug-likeness (QED) is 0.909. The number of amides is 1. The molecule has 0 saturated heterocycles.